The van der Waals surface area contributed by atoms with Crippen molar-refractivity contribution in [1.29, 1.82) is 0 Å². The molecule has 0 fully saturated rings. The first-order chi connectivity index (χ1) is 10.8. The van der Waals surface area contributed by atoms with Crippen LogP contribution in [0, 0.1) is 0 Å². The molecule has 0 N–H and O–H groups in total. The van der Waals surface area contributed by atoms with Gasteiger partial charge in [-0.15, -0.1) is 6.58 Å². The van der Waals surface area contributed by atoms with Gasteiger partial charge in [0.25, 0.3) is 0 Å². The highest BCUT2D eigenvalue weighted by Crippen LogP contribution is 2.08. The first-order valence-electron chi connectivity index (χ1n) is 9.57. The second-order valence-corrected chi connectivity index (χ2v) is 7.83. The summed E-state index contributed by atoms with van der Waals surface area (Å²) in [4.78, 5) is 0. The average molecular weight is 328 g/mol. The zero-order valence-electron chi connectivity index (χ0n) is 15.2. The van der Waals surface area contributed by atoms with Gasteiger partial charge in [-0.2, -0.15) is 0 Å². The minimum absolute atomic E-state index is 0.866. The van der Waals surface area contributed by atoms with E-state index in [9.17, 15) is 0 Å². The molecule has 2 nitrogen and oxygen atoms in total. The molecule has 0 aromatic carbocycles. The smallest absolute Gasteiger partial charge is 0.388 e. The van der Waals surface area contributed by atoms with Crippen molar-refractivity contribution in [2.75, 3.05) is 13.2 Å². The van der Waals surface area contributed by atoms with E-state index in [1.54, 1.807) is 0 Å². The van der Waals surface area contributed by atoms with Gasteiger partial charge in [0, 0.05) is 19.3 Å². The van der Waals surface area contributed by atoms with Crippen molar-refractivity contribution in [2.45, 2.75) is 96.9 Å². The lowest BCUT2D eigenvalue weighted by Gasteiger charge is -2.14. The molecule has 0 unspecified atom stereocenters. The van der Waals surface area contributed by atoms with Crippen LogP contribution in [0.4, 0.5) is 0 Å². The normalized spacial score (nSPS) is 11.2. The molecule has 0 aliphatic carbocycles. The van der Waals surface area contributed by atoms with E-state index >= 15 is 0 Å². The van der Waals surface area contributed by atoms with Gasteiger partial charge in [0.1, 0.15) is 0 Å². The molecule has 131 valence electrons. The van der Waals surface area contributed by atoms with Crippen molar-refractivity contribution in [3.63, 3.8) is 0 Å². The SMILES string of the molecule is C=CC[Si](OCCCCCCCC)OCCCCCCCC. The Bertz CT molecular complexity index is 203. The van der Waals surface area contributed by atoms with Crippen molar-refractivity contribution in [3.05, 3.63) is 12.7 Å². The Labute approximate surface area is 141 Å². The number of rotatable bonds is 18. The second kappa shape index (κ2) is 18.9. The second-order valence-electron chi connectivity index (χ2n) is 6.10. The van der Waals surface area contributed by atoms with Gasteiger partial charge < -0.3 is 8.85 Å². The molecule has 0 aliphatic rings. The van der Waals surface area contributed by atoms with Gasteiger partial charge in [-0.1, -0.05) is 84.1 Å². The van der Waals surface area contributed by atoms with Crippen molar-refractivity contribution in [3.8, 4) is 0 Å². The van der Waals surface area contributed by atoms with Crippen LogP contribution >= 0.6 is 0 Å². The van der Waals surface area contributed by atoms with E-state index in [4.69, 9.17) is 8.85 Å². The summed E-state index contributed by atoms with van der Waals surface area (Å²) < 4.78 is 11.9. The monoisotopic (exact) mass is 327 g/mol. The van der Waals surface area contributed by atoms with E-state index in [0.717, 1.165) is 19.3 Å². The van der Waals surface area contributed by atoms with E-state index in [1.165, 1.54) is 77.0 Å². The van der Waals surface area contributed by atoms with Crippen LogP contribution in [-0.2, 0) is 8.85 Å². The zero-order chi connectivity index (χ0) is 16.3. The van der Waals surface area contributed by atoms with E-state index in [1.807, 2.05) is 6.08 Å². The van der Waals surface area contributed by atoms with Crippen molar-refractivity contribution in [1.82, 2.24) is 0 Å². The molecule has 0 spiro atoms. The predicted molar refractivity (Wildman–Crippen MR) is 99.4 cm³/mol. The van der Waals surface area contributed by atoms with Gasteiger partial charge >= 0.3 is 9.28 Å². The summed E-state index contributed by atoms with van der Waals surface area (Å²) >= 11 is 0. The minimum atomic E-state index is -1.11. The molecule has 0 saturated carbocycles. The van der Waals surface area contributed by atoms with E-state index < -0.39 is 9.28 Å². The van der Waals surface area contributed by atoms with Crippen LogP contribution in [0.5, 0.6) is 0 Å². The Morgan fingerprint density at radius 3 is 1.50 bits per heavy atom. The summed E-state index contributed by atoms with van der Waals surface area (Å²) in [5, 5.41) is 0. The van der Waals surface area contributed by atoms with Crippen molar-refractivity contribution in [2.24, 2.45) is 0 Å². The summed E-state index contributed by atoms with van der Waals surface area (Å²) in [6.07, 6.45) is 17.7. The highest BCUT2D eigenvalue weighted by molar-refractivity contribution is 6.44. The third-order valence-electron chi connectivity index (χ3n) is 3.83. The Balaban J connectivity index is 3.46. The number of hydrogen-bond donors (Lipinski definition) is 0. The Kier molecular flexibility index (Phi) is 18.8. The summed E-state index contributed by atoms with van der Waals surface area (Å²) in [5.74, 6) is 0. The van der Waals surface area contributed by atoms with E-state index in [2.05, 4.69) is 20.4 Å². The van der Waals surface area contributed by atoms with Gasteiger partial charge in [0.15, 0.2) is 0 Å². The molecule has 0 aromatic rings. The average Bonchev–Trinajstić information content (AvgIpc) is 2.53. The van der Waals surface area contributed by atoms with Crippen LogP contribution in [0.1, 0.15) is 90.9 Å². The van der Waals surface area contributed by atoms with Crippen LogP contribution < -0.4 is 0 Å². The van der Waals surface area contributed by atoms with Gasteiger partial charge in [-0.25, -0.2) is 0 Å². The molecule has 0 aliphatic heterocycles. The highest BCUT2D eigenvalue weighted by atomic mass is 28.3. The van der Waals surface area contributed by atoms with Crippen LogP contribution in [0.25, 0.3) is 0 Å². The number of hydrogen-bond acceptors (Lipinski definition) is 2. The predicted octanol–water partition coefficient (Wildman–Crippen LogP) is 6.41. The molecule has 1 radical (unpaired) electrons. The first kappa shape index (κ1) is 21.9. The van der Waals surface area contributed by atoms with E-state index in [-0.39, 0.29) is 0 Å². The molecule has 0 rings (SSSR count). The standard InChI is InChI=1S/C19H39O2Si/c1-4-7-9-11-13-15-17-20-22(19-6-3)21-18-16-14-12-10-8-5-2/h6H,3-5,7-19H2,1-2H3. The first-order valence-corrected chi connectivity index (χ1v) is 11.1. The van der Waals surface area contributed by atoms with Crippen LogP contribution in [-0.4, -0.2) is 22.5 Å². The minimum Gasteiger partial charge on any atom is -0.393 e. The van der Waals surface area contributed by atoms with E-state index in [0.29, 0.717) is 0 Å². The molecule has 3 heteroatoms. The Morgan fingerprint density at radius 1 is 0.682 bits per heavy atom. The zero-order valence-corrected chi connectivity index (χ0v) is 16.2. The van der Waals surface area contributed by atoms with Gasteiger partial charge in [-0.05, 0) is 12.8 Å². The fourth-order valence-electron chi connectivity index (χ4n) is 2.41. The lowest BCUT2D eigenvalue weighted by atomic mass is 10.1. The quantitative estimate of drug-likeness (QED) is 0.164. The number of allylic oxidation sites excluding steroid dienone is 1. The summed E-state index contributed by atoms with van der Waals surface area (Å²) in [6, 6.07) is 0.899. The van der Waals surface area contributed by atoms with Gasteiger partial charge in [-0.3, -0.25) is 0 Å². The molecule has 22 heavy (non-hydrogen) atoms. The maximum Gasteiger partial charge on any atom is 0.388 e. The highest BCUT2D eigenvalue weighted by Gasteiger charge is 2.13. The summed E-state index contributed by atoms with van der Waals surface area (Å²) in [6.45, 7) is 10.1. The Morgan fingerprint density at radius 2 is 1.09 bits per heavy atom. The molecule has 0 saturated heterocycles. The van der Waals surface area contributed by atoms with Crippen LogP contribution in [0.2, 0.25) is 6.04 Å². The number of unbranched alkanes of at least 4 members (excludes halogenated alkanes) is 10. The fourth-order valence-corrected chi connectivity index (χ4v) is 3.71. The largest absolute Gasteiger partial charge is 0.393 e. The molecule has 0 atom stereocenters. The lowest BCUT2D eigenvalue weighted by molar-refractivity contribution is 0.191. The van der Waals surface area contributed by atoms with Gasteiger partial charge in [0.2, 0.25) is 0 Å². The fraction of sp³-hybridized carbons (Fsp3) is 0.895. The molecular weight excluding hydrogens is 288 g/mol. The topological polar surface area (TPSA) is 18.5 Å². The molecule has 0 bridgehead atoms. The molecule has 0 aromatic heterocycles. The summed E-state index contributed by atoms with van der Waals surface area (Å²) in [5.41, 5.74) is 0. The Hall–Kier alpha value is -0.123. The van der Waals surface area contributed by atoms with Crippen LogP contribution in [0.3, 0.4) is 0 Å². The van der Waals surface area contributed by atoms with Crippen LogP contribution in [0.15, 0.2) is 12.7 Å². The van der Waals surface area contributed by atoms with Crippen molar-refractivity contribution < 1.29 is 8.85 Å². The third kappa shape index (κ3) is 16.3. The summed E-state index contributed by atoms with van der Waals surface area (Å²) in [7, 11) is -1.11. The maximum absolute atomic E-state index is 5.94. The molecule has 0 amide bonds. The molecule has 0 heterocycles. The van der Waals surface area contributed by atoms with Gasteiger partial charge in [0.05, 0.1) is 0 Å². The van der Waals surface area contributed by atoms with Crippen molar-refractivity contribution >= 4 is 9.28 Å². The maximum atomic E-state index is 5.94. The lowest BCUT2D eigenvalue weighted by Crippen LogP contribution is -2.23. The third-order valence-corrected chi connectivity index (χ3v) is 5.51. The molecular formula is C19H39O2Si.